The summed E-state index contributed by atoms with van der Waals surface area (Å²) in [6, 6.07) is -0.836. The van der Waals surface area contributed by atoms with Crippen molar-refractivity contribution in [3.63, 3.8) is 0 Å². The summed E-state index contributed by atoms with van der Waals surface area (Å²) in [6.07, 6.45) is 1.13. The summed E-state index contributed by atoms with van der Waals surface area (Å²) in [4.78, 5) is 20.7. The first-order valence-electron chi connectivity index (χ1n) is 3.56. The van der Waals surface area contributed by atoms with Gasteiger partial charge in [-0.05, 0) is 6.42 Å². The zero-order valence-electron chi connectivity index (χ0n) is 7.72. The Morgan fingerprint density at radius 3 is 2.25 bits per heavy atom. The summed E-state index contributed by atoms with van der Waals surface area (Å²) < 4.78 is 0. The van der Waals surface area contributed by atoms with Gasteiger partial charge in [0, 0.05) is 6.92 Å². The van der Waals surface area contributed by atoms with E-state index in [-0.39, 0.29) is 35.5 Å². The zero-order chi connectivity index (χ0) is 8.85. The Hall–Kier alpha value is -0.0600. The molecular formula is C7H12NNaO3. The van der Waals surface area contributed by atoms with Crippen molar-refractivity contribution in [3.8, 4) is 0 Å². The van der Waals surface area contributed by atoms with Crippen LogP contribution in [0.1, 0.15) is 26.7 Å². The van der Waals surface area contributed by atoms with E-state index in [0.29, 0.717) is 12.8 Å². The van der Waals surface area contributed by atoms with E-state index < -0.39 is 12.0 Å². The Morgan fingerprint density at radius 2 is 2.00 bits per heavy atom. The third-order valence-corrected chi connectivity index (χ3v) is 1.24. The monoisotopic (exact) mass is 181 g/mol. The van der Waals surface area contributed by atoms with Crippen molar-refractivity contribution in [2.75, 3.05) is 0 Å². The second-order valence-electron chi connectivity index (χ2n) is 2.36. The maximum atomic E-state index is 10.4. The van der Waals surface area contributed by atoms with Crippen molar-refractivity contribution in [1.29, 1.82) is 0 Å². The molecule has 1 unspecified atom stereocenters. The van der Waals surface area contributed by atoms with Gasteiger partial charge in [0.15, 0.2) is 0 Å². The van der Waals surface area contributed by atoms with Gasteiger partial charge in [-0.1, -0.05) is 13.3 Å². The number of nitrogens with one attached hydrogen (secondary N) is 1. The average molecular weight is 181 g/mol. The summed E-state index contributed by atoms with van der Waals surface area (Å²) in [5.41, 5.74) is 0. The number of hydrogen-bond donors (Lipinski definition) is 1. The fourth-order valence-corrected chi connectivity index (χ4v) is 0.783. The van der Waals surface area contributed by atoms with Gasteiger partial charge >= 0.3 is 29.6 Å². The van der Waals surface area contributed by atoms with E-state index in [0.717, 1.165) is 0 Å². The minimum Gasteiger partial charge on any atom is -0.548 e. The first kappa shape index (κ1) is 14.5. The van der Waals surface area contributed by atoms with Crippen LogP contribution in [0.25, 0.3) is 0 Å². The van der Waals surface area contributed by atoms with Crippen LogP contribution in [0, 0.1) is 0 Å². The molecule has 0 aromatic heterocycles. The molecule has 0 fully saturated rings. The largest absolute Gasteiger partial charge is 1.00 e. The summed E-state index contributed by atoms with van der Waals surface area (Å²) in [7, 11) is 0. The number of carboxylic acids is 1. The van der Waals surface area contributed by atoms with Crippen molar-refractivity contribution in [1.82, 2.24) is 5.32 Å². The maximum Gasteiger partial charge on any atom is 1.00 e. The molecule has 5 heteroatoms. The van der Waals surface area contributed by atoms with Crippen molar-refractivity contribution < 1.29 is 44.3 Å². The maximum absolute atomic E-state index is 10.4. The van der Waals surface area contributed by atoms with Gasteiger partial charge in [-0.25, -0.2) is 0 Å². The van der Waals surface area contributed by atoms with Crippen LogP contribution in [0.2, 0.25) is 0 Å². The van der Waals surface area contributed by atoms with Crippen molar-refractivity contribution >= 4 is 11.9 Å². The topological polar surface area (TPSA) is 69.2 Å². The molecule has 12 heavy (non-hydrogen) atoms. The molecule has 0 aromatic rings. The minimum absolute atomic E-state index is 0. The van der Waals surface area contributed by atoms with Gasteiger partial charge in [-0.3, -0.25) is 4.79 Å². The fraction of sp³-hybridized carbons (Fsp3) is 0.714. The Balaban J connectivity index is 0. The second-order valence-corrected chi connectivity index (χ2v) is 2.36. The van der Waals surface area contributed by atoms with Crippen LogP contribution in [0.15, 0.2) is 0 Å². The molecule has 1 amide bonds. The molecule has 0 aromatic carbocycles. The molecule has 4 nitrogen and oxygen atoms in total. The minimum atomic E-state index is -1.22. The smallest absolute Gasteiger partial charge is 0.548 e. The van der Waals surface area contributed by atoms with E-state index in [9.17, 15) is 14.7 Å². The molecule has 0 heterocycles. The predicted molar refractivity (Wildman–Crippen MR) is 37.5 cm³/mol. The fourth-order valence-electron chi connectivity index (χ4n) is 0.783. The molecule has 0 bridgehead atoms. The normalized spacial score (nSPS) is 11.2. The van der Waals surface area contributed by atoms with Crippen LogP contribution in [0.4, 0.5) is 0 Å². The number of carbonyl (C=O) groups excluding carboxylic acids is 2. The van der Waals surface area contributed by atoms with Gasteiger partial charge < -0.3 is 15.2 Å². The summed E-state index contributed by atoms with van der Waals surface area (Å²) in [6.45, 7) is 3.13. The SMILES string of the molecule is CCCC(NC(C)=O)C(=O)[O-].[Na+]. The first-order chi connectivity index (χ1) is 5.07. The summed E-state index contributed by atoms with van der Waals surface area (Å²) in [5.74, 6) is -1.56. The Morgan fingerprint density at radius 1 is 1.50 bits per heavy atom. The summed E-state index contributed by atoms with van der Waals surface area (Å²) >= 11 is 0. The molecule has 1 atom stereocenters. The van der Waals surface area contributed by atoms with Crippen LogP contribution in [-0.2, 0) is 9.59 Å². The van der Waals surface area contributed by atoms with E-state index in [1.807, 2.05) is 6.92 Å². The number of carbonyl (C=O) groups is 2. The van der Waals surface area contributed by atoms with Gasteiger partial charge in [0.25, 0.3) is 0 Å². The molecule has 0 aliphatic rings. The number of amides is 1. The average Bonchev–Trinajstić information content (AvgIpc) is 1.86. The van der Waals surface area contributed by atoms with E-state index in [1.54, 1.807) is 0 Å². The molecule has 0 saturated carbocycles. The molecule has 0 radical (unpaired) electrons. The van der Waals surface area contributed by atoms with Crippen LogP contribution in [0.5, 0.6) is 0 Å². The van der Waals surface area contributed by atoms with Gasteiger partial charge in [0.2, 0.25) is 5.91 Å². The van der Waals surface area contributed by atoms with Crippen LogP contribution in [-0.4, -0.2) is 17.9 Å². The molecule has 0 rings (SSSR count). The molecule has 64 valence electrons. The summed E-state index contributed by atoms with van der Waals surface area (Å²) in [5, 5.41) is 12.6. The number of aliphatic carboxylic acids is 1. The van der Waals surface area contributed by atoms with E-state index in [4.69, 9.17) is 0 Å². The van der Waals surface area contributed by atoms with E-state index >= 15 is 0 Å². The predicted octanol–water partition coefficient (Wildman–Crippen LogP) is -3.95. The second kappa shape index (κ2) is 7.58. The Kier molecular flexibility index (Phi) is 9.14. The quantitative estimate of drug-likeness (QED) is 0.450. The number of carboxylic acid groups (broad SMARTS) is 1. The van der Waals surface area contributed by atoms with Gasteiger partial charge in [0.05, 0.1) is 12.0 Å². The number of rotatable bonds is 4. The third kappa shape index (κ3) is 6.64. The van der Waals surface area contributed by atoms with Gasteiger partial charge in [-0.15, -0.1) is 0 Å². The van der Waals surface area contributed by atoms with Crippen molar-refractivity contribution in [3.05, 3.63) is 0 Å². The number of hydrogen-bond acceptors (Lipinski definition) is 3. The van der Waals surface area contributed by atoms with Crippen molar-refractivity contribution in [2.24, 2.45) is 0 Å². The van der Waals surface area contributed by atoms with Crippen molar-refractivity contribution in [2.45, 2.75) is 32.7 Å². The Bertz CT molecular complexity index is 161. The first-order valence-corrected chi connectivity index (χ1v) is 3.56. The molecule has 0 spiro atoms. The van der Waals surface area contributed by atoms with Crippen LogP contribution in [0.3, 0.4) is 0 Å². The molecule has 0 aliphatic heterocycles. The van der Waals surface area contributed by atoms with Gasteiger partial charge in [0.1, 0.15) is 0 Å². The molecular weight excluding hydrogens is 169 g/mol. The third-order valence-electron chi connectivity index (χ3n) is 1.24. The molecule has 0 aliphatic carbocycles. The van der Waals surface area contributed by atoms with E-state index in [1.165, 1.54) is 6.92 Å². The Labute approximate surface area is 94.0 Å². The van der Waals surface area contributed by atoms with Crippen LogP contribution >= 0.6 is 0 Å². The molecule has 1 N–H and O–H groups in total. The van der Waals surface area contributed by atoms with Gasteiger partial charge in [-0.2, -0.15) is 0 Å². The van der Waals surface area contributed by atoms with E-state index in [2.05, 4.69) is 5.32 Å². The van der Waals surface area contributed by atoms with Crippen LogP contribution < -0.4 is 40.0 Å². The standard InChI is InChI=1S/C7H13NO3.Na/c1-3-4-6(7(10)11)8-5(2)9;/h6H,3-4H2,1-2H3,(H,8,9)(H,10,11);/q;+1/p-1. The zero-order valence-corrected chi connectivity index (χ0v) is 9.72. The molecule has 0 saturated heterocycles.